The molecule has 0 aliphatic carbocycles. The lowest BCUT2D eigenvalue weighted by molar-refractivity contribution is -0.122. The summed E-state index contributed by atoms with van der Waals surface area (Å²) in [5.41, 5.74) is 3.85. The minimum absolute atomic E-state index is 0.0167. The number of aromatic nitrogens is 1. The standard InChI is InChI=1S/C29H29N3O4/c1-35-24-10-7-21(8-11-24)19-30-27(33)17-20-13-15-32(16-14-20)29(34)23-9-12-25-26(18-23)36-28(31-25)22-5-3-2-4-6-22/h2-12,18,20H,13-17,19H2,1H3,(H,30,33). The fourth-order valence-electron chi connectivity index (χ4n) is 4.56. The van der Waals surface area contributed by atoms with Crippen LogP contribution in [0.3, 0.4) is 0 Å². The van der Waals surface area contributed by atoms with Crippen LogP contribution in [0.15, 0.2) is 77.2 Å². The molecule has 3 aromatic carbocycles. The third-order valence-corrected chi connectivity index (χ3v) is 6.68. The molecule has 1 fully saturated rings. The first-order valence-electron chi connectivity index (χ1n) is 12.2. The molecule has 2 amide bonds. The van der Waals surface area contributed by atoms with Crippen LogP contribution >= 0.6 is 0 Å². The quantitative estimate of drug-likeness (QED) is 0.397. The Balaban J connectivity index is 1.13. The second-order valence-corrected chi connectivity index (χ2v) is 9.13. The Labute approximate surface area is 210 Å². The highest BCUT2D eigenvalue weighted by atomic mass is 16.5. The van der Waals surface area contributed by atoms with E-state index in [-0.39, 0.29) is 17.7 Å². The number of benzene rings is 3. The van der Waals surface area contributed by atoms with Crippen LogP contribution in [0.2, 0.25) is 0 Å². The number of carbonyl (C=O) groups excluding carboxylic acids is 2. The number of rotatable bonds is 7. The van der Waals surface area contributed by atoms with E-state index in [0.717, 1.165) is 35.2 Å². The van der Waals surface area contributed by atoms with Crippen molar-refractivity contribution < 1.29 is 18.7 Å². The second kappa shape index (κ2) is 10.6. The van der Waals surface area contributed by atoms with Crippen molar-refractivity contribution in [2.24, 2.45) is 5.92 Å². The minimum atomic E-state index is -0.0167. The number of amides is 2. The Morgan fingerprint density at radius 1 is 1.03 bits per heavy atom. The summed E-state index contributed by atoms with van der Waals surface area (Å²) in [6.45, 7) is 1.77. The van der Waals surface area contributed by atoms with Gasteiger partial charge in [0.05, 0.1) is 7.11 Å². The van der Waals surface area contributed by atoms with E-state index in [4.69, 9.17) is 9.15 Å². The first-order valence-corrected chi connectivity index (χ1v) is 12.2. The van der Waals surface area contributed by atoms with Crippen molar-refractivity contribution in [2.45, 2.75) is 25.8 Å². The van der Waals surface area contributed by atoms with Crippen molar-refractivity contribution in [3.05, 3.63) is 83.9 Å². The summed E-state index contributed by atoms with van der Waals surface area (Å²) in [7, 11) is 1.63. The number of likely N-dealkylation sites (tertiary alicyclic amines) is 1. The van der Waals surface area contributed by atoms with Gasteiger partial charge in [0.2, 0.25) is 11.8 Å². The molecule has 2 heterocycles. The Morgan fingerprint density at radius 3 is 2.50 bits per heavy atom. The van der Waals surface area contributed by atoms with Crippen LogP contribution in [-0.2, 0) is 11.3 Å². The minimum Gasteiger partial charge on any atom is -0.497 e. The molecule has 0 spiro atoms. The van der Waals surface area contributed by atoms with E-state index < -0.39 is 0 Å². The molecule has 0 unspecified atom stereocenters. The monoisotopic (exact) mass is 483 g/mol. The number of nitrogens with zero attached hydrogens (tertiary/aromatic N) is 2. The van der Waals surface area contributed by atoms with Gasteiger partial charge >= 0.3 is 0 Å². The third kappa shape index (κ3) is 5.40. The zero-order valence-electron chi connectivity index (χ0n) is 20.3. The molecule has 184 valence electrons. The first-order chi connectivity index (χ1) is 17.6. The highest BCUT2D eigenvalue weighted by molar-refractivity contribution is 5.97. The van der Waals surface area contributed by atoms with Crippen molar-refractivity contribution >= 4 is 22.9 Å². The summed E-state index contributed by atoms with van der Waals surface area (Å²) in [6, 6.07) is 22.8. The van der Waals surface area contributed by atoms with Gasteiger partial charge in [-0.05, 0) is 66.8 Å². The van der Waals surface area contributed by atoms with Gasteiger partial charge in [-0.3, -0.25) is 9.59 Å². The summed E-state index contributed by atoms with van der Waals surface area (Å²) in [5.74, 6) is 1.64. The van der Waals surface area contributed by atoms with Crippen LogP contribution < -0.4 is 10.1 Å². The molecule has 0 atom stereocenters. The molecular weight excluding hydrogens is 454 g/mol. The average Bonchev–Trinajstić information content (AvgIpc) is 3.36. The molecule has 1 saturated heterocycles. The van der Waals surface area contributed by atoms with Gasteiger partial charge in [0, 0.05) is 37.2 Å². The predicted octanol–water partition coefficient (Wildman–Crippen LogP) is 5.06. The van der Waals surface area contributed by atoms with Crippen LogP contribution in [0.4, 0.5) is 0 Å². The summed E-state index contributed by atoms with van der Waals surface area (Å²) >= 11 is 0. The summed E-state index contributed by atoms with van der Waals surface area (Å²) in [4.78, 5) is 32.0. The molecule has 0 radical (unpaired) electrons. The molecule has 7 nitrogen and oxygen atoms in total. The number of hydrogen-bond donors (Lipinski definition) is 1. The van der Waals surface area contributed by atoms with E-state index in [2.05, 4.69) is 10.3 Å². The summed E-state index contributed by atoms with van der Waals surface area (Å²) < 4.78 is 11.1. The lowest BCUT2D eigenvalue weighted by atomic mass is 9.92. The zero-order chi connectivity index (χ0) is 24.9. The van der Waals surface area contributed by atoms with Crippen LogP contribution in [-0.4, -0.2) is 41.9 Å². The molecular formula is C29H29N3O4. The maximum absolute atomic E-state index is 13.1. The van der Waals surface area contributed by atoms with E-state index in [9.17, 15) is 9.59 Å². The Morgan fingerprint density at radius 2 is 1.78 bits per heavy atom. The van der Waals surface area contributed by atoms with Crippen molar-refractivity contribution in [3.8, 4) is 17.2 Å². The molecule has 1 aromatic heterocycles. The molecule has 7 heteroatoms. The predicted molar refractivity (Wildman–Crippen MR) is 138 cm³/mol. The van der Waals surface area contributed by atoms with E-state index in [1.165, 1.54) is 0 Å². The molecule has 4 aromatic rings. The van der Waals surface area contributed by atoms with Gasteiger partial charge in [-0.15, -0.1) is 0 Å². The maximum atomic E-state index is 13.1. The summed E-state index contributed by atoms with van der Waals surface area (Å²) in [6.07, 6.45) is 2.10. The zero-order valence-corrected chi connectivity index (χ0v) is 20.3. The normalized spacial score (nSPS) is 14.1. The molecule has 36 heavy (non-hydrogen) atoms. The summed E-state index contributed by atoms with van der Waals surface area (Å²) in [5, 5.41) is 3.00. The number of oxazole rings is 1. The number of piperidine rings is 1. The van der Waals surface area contributed by atoms with E-state index in [1.807, 2.05) is 65.6 Å². The topological polar surface area (TPSA) is 84.7 Å². The smallest absolute Gasteiger partial charge is 0.253 e. The average molecular weight is 484 g/mol. The van der Waals surface area contributed by atoms with Gasteiger partial charge in [0.1, 0.15) is 11.3 Å². The van der Waals surface area contributed by atoms with Gasteiger partial charge in [0.15, 0.2) is 5.58 Å². The lowest BCUT2D eigenvalue weighted by Crippen LogP contribution is -2.39. The molecule has 0 bridgehead atoms. The van der Waals surface area contributed by atoms with Crippen LogP contribution in [0, 0.1) is 5.92 Å². The molecule has 5 rings (SSSR count). The van der Waals surface area contributed by atoms with Gasteiger partial charge in [-0.2, -0.15) is 0 Å². The number of nitrogens with one attached hydrogen (secondary N) is 1. The maximum Gasteiger partial charge on any atom is 0.253 e. The number of methoxy groups -OCH3 is 1. The van der Waals surface area contributed by atoms with Gasteiger partial charge in [-0.1, -0.05) is 30.3 Å². The Kier molecular flexibility index (Phi) is 6.98. The highest BCUT2D eigenvalue weighted by Crippen LogP contribution is 2.26. The largest absolute Gasteiger partial charge is 0.497 e. The van der Waals surface area contributed by atoms with E-state index >= 15 is 0 Å². The van der Waals surface area contributed by atoms with Crippen molar-refractivity contribution in [1.82, 2.24) is 15.2 Å². The number of hydrogen-bond acceptors (Lipinski definition) is 5. The SMILES string of the molecule is COc1ccc(CNC(=O)CC2CCN(C(=O)c3ccc4nc(-c5ccccc5)oc4c3)CC2)cc1. The van der Waals surface area contributed by atoms with Crippen molar-refractivity contribution in [3.63, 3.8) is 0 Å². The van der Waals surface area contributed by atoms with Crippen LogP contribution in [0.5, 0.6) is 5.75 Å². The molecule has 1 N–H and O–H groups in total. The molecule has 0 saturated carbocycles. The van der Waals surface area contributed by atoms with E-state index in [1.54, 1.807) is 19.2 Å². The first kappa shape index (κ1) is 23.6. The number of carbonyl (C=O) groups is 2. The lowest BCUT2D eigenvalue weighted by Gasteiger charge is -2.31. The van der Waals surface area contributed by atoms with Crippen LogP contribution in [0.1, 0.15) is 35.2 Å². The van der Waals surface area contributed by atoms with Crippen molar-refractivity contribution in [2.75, 3.05) is 20.2 Å². The highest BCUT2D eigenvalue weighted by Gasteiger charge is 2.25. The second-order valence-electron chi connectivity index (χ2n) is 9.13. The van der Waals surface area contributed by atoms with Crippen molar-refractivity contribution in [1.29, 1.82) is 0 Å². The molecule has 1 aliphatic rings. The van der Waals surface area contributed by atoms with E-state index in [0.29, 0.717) is 43.1 Å². The third-order valence-electron chi connectivity index (χ3n) is 6.68. The number of fused-ring (bicyclic) bond motifs is 1. The Bertz CT molecular complexity index is 1340. The fourth-order valence-corrected chi connectivity index (χ4v) is 4.56. The van der Waals surface area contributed by atoms with Gasteiger partial charge in [-0.25, -0.2) is 4.98 Å². The molecule has 1 aliphatic heterocycles. The Hall–Kier alpha value is -4.13. The van der Waals surface area contributed by atoms with Crippen LogP contribution in [0.25, 0.3) is 22.6 Å². The fraction of sp³-hybridized carbons (Fsp3) is 0.276. The van der Waals surface area contributed by atoms with Gasteiger partial charge in [0.25, 0.3) is 5.91 Å². The number of ether oxygens (including phenoxy) is 1. The van der Waals surface area contributed by atoms with Gasteiger partial charge < -0.3 is 19.4 Å².